The maximum atomic E-state index is 9.52. The average molecular weight is 342 g/mol. The summed E-state index contributed by atoms with van der Waals surface area (Å²) in [5, 5.41) is 13.9. The van der Waals surface area contributed by atoms with Crippen molar-refractivity contribution in [2.45, 2.75) is 39.4 Å². The maximum Gasteiger partial charge on any atom is 0.0537 e. The lowest BCUT2D eigenvalue weighted by Gasteiger charge is -2.41. The summed E-state index contributed by atoms with van der Waals surface area (Å²) >= 11 is 0. The summed E-state index contributed by atoms with van der Waals surface area (Å²) in [5.74, 6) is 0. The molecule has 1 aliphatic heterocycles. The van der Waals surface area contributed by atoms with E-state index in [0.717, 1.165) is 39.1 Å². The molecule has 2 aromatic rings. The predicted molar refractivity (Wildman–Crippen MR) is 100 cm³/mol. The Hall–Kier alpha value is -1.69. The monoisotopic (exact) mass is 342 g/mol. The van der Waals surface area contributed by atoms with Crippen molar-refractivity contribution in [3.05, 3.63) is 52.8 Å². The first-order valence-corrected chi connectivity index (χ1v) is 9.17. The van der Waals surface area contributed by atoms with Crippen molar-refractivity contribution in [2.24, 2.45) is 7.05 Å². The summed E-state index contributed by atoms with van der Waals surface area (Å²) in [5.41, 5.74) is 5.28. The van der Waals surface area contributed by atoms with Gasteiger partial charge in [0.25, 0.3) is 0 Å². The van der Waals surface area contributed by atoms with Crippen LogP contribution in [0.4, 0.5) is 0 Å². The van der Waals surface area contributed by atoms with Crippen LogP contribution in [0.15, 0.2) is 30.5 Å². The largest absolute Gasteiger partial charge is 0.396 e. The van der Waals surface area contributed by atoms with Gasteiger partial charge in [-0.05, 0) is 31.4 Å². The first-order chi connectivity index (χ1) is 12.1. The minimum absolute atomic E-state index is 0.245. The van der Waals surface area contributed by atoms with E-state index < -0.39 is 0 Å². The normalized spacial score (nSPS) is 19.4. The molecule has 0 saturated carbocycles. The molecule has 0 radical (unpaired) electrons. The smallest absolute Gasteiger partial charge is 0.0537 e. The summed E-state index contributed by atoms with van der Waals surface area (Å²) in [6.45, 7) is 9.56. The molecule has 1 aromatic carbocycles. The molecule has 2 heterocycles. The molecule has 0 spiro atoms. The van der Waals surface area contributed by atoms with Gasteiger partial charge in [-0.3, -0.25) is 14.5 Å². The van der Waals surface area contributed by atoms with Crippen LogP contribution < -0.4 is 0 Å². The molecule has 136 valence electrons. The van der Waals surface area contributed by atoms with E-state index in [1.807, 2.05) is 17.9 Å². The SMILES string of the molecule is Cc1ccccc1CN1CCN(Cc2cnn(C)c2C)CC1CCO. The zero-order chi connectivity index (χ0) is 17.8. The highest BCUT2D eigenvalue weighted by Gasteiger charge is 2.27. The van der Waals surface area contributed by atoms with Crippen molar-refractivity contribution in [3.63, 3.8) is 0 Å². The topological polar surface area (TPSA) is 44.5 Å². The fraction of sp³-hybridized carbons (Fsp3) is 0.550. The van der Waals surface area contributed by atoms with Gasteiger partial charge in [-0.1, -0.05) is 24.3 Å². The lowest BCUT2D eigenvalue weighted by molar-refractivity contribution is 0.0497. The summed E-state index contributed by atoms with van der Waals surface area (Å²) in [4.78, 5) is 5.03. The van der Waals surface area contributed by atoms with Gasteiger partial charge in [0.1, 0.15) is 0 Å². The van der Waals surface area contributed by atoms with Crippen LogP contribution in [0.2, 0.25) is 0 Å². The zero-order valence-corrected chi connectivity index (χ0v) is 15.6. The van der Waals surface area contributed by atoms with Crippen molar-refractivity contribution >= 4 is 0 Å². The fourth-order valence-corrected chi connectivity index (χ4v) is 3.68. The molecule has 0 aliphatic carbocycles. The van der Waals surface area contributed by atoms with Crippen LogP contribution in [0.1, 0.15) is 28.8 Å². The number of aliphatic hydroxyl groups excluding tert-OH is 1. The number of piperazine rings is 1. The van der Waals surface area contributed by atoms with Crippen LogP contribution in [0, 0.1) is 13.8 Å². The lowest BCUT2D eigenvalue weighted by atomic mass is 10.0. The van der Waals surface area contributed by atoms with E-state index in [9.17, 15) is 5.11 Å². The lowest BCUT2D eigenvalue weighted by Crippen LogP contribution is -2.52. The van der Waals surface area contributed by atoms with Gasteiger partial charge in [0, 0.05) is 63.7 Å². The highest BCUT2D eigenvalue weighted by molar-refractivity contribution is 5.25. The van der Waals surface area contributed by atoms with Crippen LogP contribution in [0.25, 0.3) is 0 Å². The van der Waals surface area contributed by atoms with E-state index in [0.29, 0.717) is 6.04 Å². The number of hydrogen-bond acceptors (Lipinski definition) is 4. The van der Waals surface area contributed by atoms with E-state index in [1.54, 1.807) is 0 Å². The number of nitrogens with zero attached hydrogens (tertiary/aromatic N) is 4. The highest BCUT2D eigenvalue weighted by atomic mass is 16.3. The molecule has 1 saturated heterocycles. The molecule has 0 bridgehead atoms. The van der Waals surface area contributed by atoms with Crippen molar-refractivity contribution in [3.8, 4) is 0 Å². The van der Waals surface area contributed by atoms with Gasteiger partial charge < -0.3 is 5.11 Å². The van der Waals surface area contributed by atoms with Crippen molar-refractivity contribution in [1.29, 1.82) is 0 Å². The van der Waals surface area contributed by atoms with E-state index in [2.05, 4.69) is 53.0 Å². The fourth-order valence-electron chi connectivity index (χ4n) is 3.68. The van der Waals surface area contributed by atoms with Crippen LogP contribution in [-0.2, 0) is 20.1 Å². The van der Waals surface area contributed by atoms with Crippen LogP contribution >= 0.6 is 0 Å². The first kappa shape index (κ1) is 18.1. The Balaban J connectivity index is 1.66. The Labute approximate surface area is 150 Å². The second-order valence-corrected chi connectivity index (χ2v) is 7.18. The molecule has 1 aromatic heterocycles. The highest BCUT2D eigenvalue weighted by Crippen LogP contribution is 2.20. The van der Waals surface area contributed by atoms with Gasteiger partial charge in [0.15, 0.2) is 0 Å². The molecule has 5 nitrogen and oxygen atoms in total. The Kier molecular flexibility index (Phi) is 5.89. The third kappa shape index (κ3) is 4.29. The minimum atomic E-state index is 0.245. The van der Waals surface area contributed by atoms with Crippen LogP contribution in [0.5, 0.6) is 0 Å². The van der Waals surface area contributed by atoms with Gasteiger partial charge in [-0.2, -0.15) is 5.10 Å². The molecule has 1 fully saturated rings. The quantitative estimate of drug-likeness (QED) is 0.873. The first-order valence-electron chi connectivity index (χ1n) is 9.17. The van der Waals surface area contributed by atoms with Crippen molar-refractivity contribution in [1.82, 2.24) is 19.6 Å². The second kappa shape index (κ2) is 8.13. The van der Waals surface area contributed by atoms with E-state index in [-0.39, 0.29) is 6.61 Å². The Bertz CT molecular complexity index is 697. The minimum Gasteiger partial charge on any atom is -0.396 e. The van der Waals surface area contributed by atoms with E-state index >= 15 is 0 Å². The molecule has 1 aliphatic rings. The van der Waals surface area contributed by atoms with Crippen LogP contribution in [-0.4, -0.2) is 57.0 Å². The van der Waals surface area contributed by atoms with E-state index in [1.165, 1.54) is 22.4 Å². The molecule has 1 unspecified atom stereocenters. The summed E-state index contributed by atoms with van der Waals surface area (Å²) < 4.78 is 1.94. The molecular weight excluding hydrogens is 312 g/mol. The summed E-state index contributed by atoms with van der Waals surface area (Å²) in [7, 11) is 1.99. The number of aliphatic hydroxyl groups is 1. The number of benzene rings is 1. The Morgan fingerprint density at radius 3 is 2.60 bits per heavy atom. The van der Waals surface area contributed by atoms with Gasteiger partial charge in [0.05, 0.1) is 6.20 Å². The number of aromatic nitrogens is 2. The van der Waals surface area contributed by atoms with Gasteiger partial charge >= 0.3 is 0 Å². The van der Waals surface area contributed by atoms with Crippen LogP contribution in [0.3, 0.4) is 0 Å². The molecule has 3 rings (SSSR count). The third-order valence-electron chi connectivity index (χ3n) is 5.52. The molecule has 1 N–H and O–H groups in total. The van der Waals surface area contributed by atoms with E-state index in [4.69, 9.17) is 0 Å². The maximum absolute atomic E-state index is 9.52. The second-order valence-electron chi connectivity index (χ2n) is 7.18. The number of aryl methyl sites for hydroxylation is 2. The standard InChI is InChI=1S/C20H30N4O/c1-16-6-4-5-7-18(16)14-24-10-9-23(15-20(24)8-11-25)13-19-12-21-22(3)17(19)2/h4-7,12,20,25H,8-11,13-15H2,1-3H3. The third-order valence-corrected chi connectivity index (χ3v) is 5.52. The molecule has 0 amide bonds. The number of hydrogen-bond donors (Lipinski definition) is 1. The summed E-state index contributed by atoms with van der Waals surface area (Å²) in [6.07, 6.45) is 2.81. The molecule has 1 atom stereocenters. The Morgan fingerprint density at radius 1 is 1.12 bits per heavy atom. The number of rotatable bonds is 6. The van der Waals surface area contributed by atoms with Gasteiger partial charge in [-0.15, -0.1) is 0 Å². The van der Waals surface area contributed by atoms with Gasteiger partial charge in [0.2, 0.25) is 0 Å². The predicted octanol–water partition coefficient (Wildman–Crippen LogP) is 2.11. The summed E-state index contributed by atoms with van der Waals surface area (Å²) in [6, 6.07) is 9.01. The molecule has 5 heteroatoms. The Morgan fingerprint density at radius 2 is 1.92 bits per heavy atom. The molecular formula is C20H30N4O. The van der Waals surface area contributed by atoms with Crippen molar-refractivity contribution in [2.75, 3.05) is 26.2 Å². The average Bonchev–Trinajstić information content (AvgIpc) is 2.91. The van der Waals surface area contributed by atoms with Gasteiger partial charge in [-0.25, -0.2) is 0 Å². The van der Waals surface area contributed by atoms with Crippen molar-refractivity contribution < 1.29 is 5.11 Å². The molecule has 25 heavy (non-hydrogen) atoms. The zero-order valence-electron chi connectivity index (χ0n) is 15.6.